The molecule has 1 heterocycles. The fraction of sp³-hybridized carbons (Fsp3) is 0.600. The van der Waals surface area contributed by atoms with Crippen molar-refractivity contribution in [2.24, 2.45) is 0 Å². The van der Waals surface area contributed by atoms with E-state index in [2.05, 4.69) is 10.1 Å². The van der Waals surface area contributed by atoms with Crippen molar-refractivity contribution < 1.29 is 19.4 Å². The van der Waals surface area contributed by atoms with Gasteiger partial charge >= 0.3 is 12.1 Å². The SMILES string of the molecule is O=C(O)N[C@H]1COC(=O)C1. The molecule has 1 rings (SSSR count). The fourth-order valence-corrected chi connectivity index (χ4v) is 0.780. The van der Waals surface area contributed by atoms with Crippen molar-refractivity contribution in [3.05, 3.63) is 0 Å². The molecule has 0 spiro atoms. The first-order chi connectivity index (χ1) is 4.68. The molecule has 1 aliphatic heterocycles. The molecule has 0 radical (unpaired) electrons. The number of cyclic esters (lactones) is 1. The van der Waals surface area contributed by atoms with E-state index < -0.39 is 6.09 Å². The van der Waals surface area contributed by atoms with Crippen LogP contribution < -0.4 is 5.32 Å². The first kappa shape index (κ1) is 6.85. The minimum Gasteiger partial charge on any atom is -0.465 e. The molecule has 0 aromatic heterocycles. The van der Waals surface area contributed by atoms with Crippen LogP contribution in [0.25, 0.3) is 0 Å². The third-order valence-corrected chi connectivity index (χ3v) is 1.19. The van der Waals surface area contributed by atoms with Gasteiger partial charge in [-0.1, -0.05) is 0 Å². The van der Waals surface area contributed by atoms with Crippen LogP contribution in [0.2, 0.25) is 0 Å². The van der Waals surface area contributed by atoms with Crippen molar-refractivity contribution in [2.45, 2.75) is 12.5 Å². The van der Waals surface area contributed by atoms with E-state index in [4.69, 9.17) is 5.11 Å². The second-order valence-corrected chi connectivity index (χ2v) is 2.03. The Balaban J connectivity index is 2.31. The molecule has 0 aliphatic carbocycles. The van der Waals surface area contributed by atoms with Gasteiger partial charge in [0.15, 0.2) is 0 Å². The van der Waals surface area contributed by atoms with Gasteiger partial charge in [0, 0.05) is 0 Å². The lowest BCUT2D eigenvalue weighted by Gasteiger charge is -2.02. The number of hydrogen-bond acceptors (Lipinski definition) is 3. The molecule has 5 heteroatoms. The van der Waals surface area contributed by atoms with Crippen LogP contribution in [0.1, 0.15) is 6.42 Å². The van der Waals surface area contributed by atoms with E-state index in [1.807, 2.05) is 0 Å². The quantitative estimate of drug-likeness (QED) is 0.491. The average molecular weight is 145 g/mol. The normalized spacial score (nSPS) is 24.0. The maximum Gasteiger partial charge on any atom is 0.405 e. The minimum atomic E-state index is -1.12. The monoisotopic (exact) mass is 145 g/mol. The maximum atomic E-state index is 10.4. The third kappa shape index (κ3) is 1.61. The molecular formula is C5H7NO4. The number of esters is 1. The van der Waals surface area contributed by atoms with Gasteiger partial charge in [-0.15, -0.1) is 0 Å². The second-order valence-electron chi connectivity index (χ2n) is 2.03. The summed E-state index contributed by atoms with van der Waals surface area (Å²) in [7, 11) is 0. The predicted molar refractivity (Wildman–Crippen MR) is 30.5 cm³/mol. The number of carboxylic acid groups (broad SMARTS) is 1. The Labute approximate surface area is 57.0 Å². The molecule has 1 amide bonds. The van der Waals surface area contributed by atoms with E-state index in [1.165, 1.54) is 0 Å². The number of ether oxygens (including phenoxy) is 1. The summed E-state index contributed by atoms with van der Waals surface area (Å²) >= 11 is 0. The van der Waals surface area contributed by atoms with Crippen LogP contribution in [0.4, 0.5) is 4.79 Å². The zero-order valence-electron chi connectivity index (χ0n) is 5.16. The lowest BCUT2D eigenvalue weighted by atomic mass is 10.3. The summed E-state index contributed by atoms with van der Waals surface area (Å²) in [6.07, 6.45) is -0.977. The Bertz CT molecular complexity index is 167. The van der Waals surface area contributed by atoms with Crippen LogP contribution in [0.15, 0.2) is 0 Å². The molecule has 0 unspecified atom stereocenters. The zero-order chi connectivity index (χ0) is 7.56. The van der Waals surface area contributed by atoms with Gasteiger partial charge in [0.05, 0.1) is 12.5 Å². The van der Waals surface area contributed by atoms with E-state index >= 15 is 0 Å². The van der Waals surface area contributed by atoms with Gasteiger partial charge in [-0.3, -0.25) is 4.79 Å². The number of hydrogen-bond donors (Lipinski definition) is 2. The summed E-state index contributed by atoms with van der Waals surface area (Å²) < 4.78 is 4.50. The average Bonchev–Trinajstić information content (AvgIpc) is 2.13. The van der Waals surface area contributed by atoms with Gasteiger partial charge in [0.2, 0.25) is 0 Å². The number of nitrogens with one attached hydrogen (secondary N) is 1. The van der Waals surface area contributed by atoms with Crippen molar-refractivity contribution in [3.8, 4) is 0 Å². The van der Waals surface area contributed by atoms with Gasteiger partial charge in [-0.25, -0.2) is 4.79 Å². The van der Waals surface area contributed by atoms with Crippen molar-refractivity contribution in [2.75, 3.05) is 6.61 Å². The molecule has 0 aromatic carbocycles. The second kappa shape index (κ2) is 2.55. The van der Waals surface area contributed by atoms with E-state index in [1.54, 1.807) is 0 Å². The van der Waals surface area contributed by atoms with E-state index in [-0.39, 0.29) is 25.0 Å². The van der Waals surface area contributed by atoms with Crippen LogP contribution in [0, 0.1) is 0 Å². The summed E-state index contributed by atoms with van der Waals surface area (Å²) in [5, 5.41) is 10.3. The van der Waals surface area contributed by atoms with Crippen LogP contribution >= 0.6 is 0 Å². The van der Waals surface area contributed by atoms with Gasteiger partial charge in [-0.2, -0.15) is 0 Å². The Kier molecular flexibility index (Phi) is 1.75. The summed E-state index contributed by atoms with van der Waals surface area (Å²) in [6.45, 7) is 0.158. The Morgan fingerprint density at radius 3 is 2.90 bits per heavy atom. The highest BCUT2D eigenvalue weighted by molar-refractivity contribution is 5.74. The first-order valence-electron chi connectivity index (χ1n) is 2.83. The smallest absolute Gasteiger partial charge is 0.405 e. The molecule has 1 saturated heterocycles. The Morgan fingerprint density at radius 1 is 1.80 bits per heavy atom. The van der Waals surface area contributed by atoms with Crippen molar-refractivity contribution in [1.82, 2.24) is 5.32 Å². The molecule has 0 saturated carbocycles. The lowest BCUT2D eigenvalue weighted by Crippen LogP contribution is -2.33. The summed E-state index contributed by atoms with van der Waals surface area (Å²) in [5.74, 6) is -0.348. The van der Waals surface area contributed by atoms with E-state index in [0.717, 1.165) is 0 Å². The number of carbonyl (C=O) groups excluding carboxylic acids is 1. The molecule has 5 nitrogen and oxygen atoms in total. The molecule has 1 fully saturated rings. The zero-order valence-corrected chi connectivity index (χ0v) is 5.16. The highest BCUT2D eigenvalue weighted by Crippen LogP contribution is 2.04. The molecule has 56 valence electrons. The molecule has 0 bridgehead atoms. The number of amides is 1. The van der Waals surface area contributed by atoms with Crippen molar-refractivity contribution >= 4 is 12.1 Å². The van der Waals surface area contributed by atoms with Gasteiger partial charge in [-0.05, 0) is 0 Å². The molecule has 2 N–H and O–H groups in total. The number of carbonyl (C=O) groups is 2. The standard InChI is InChI=1S/C5H7NO4/c7-4-1-3(2-10-4)6-5(8)9/h3,6H,1-2H2,(H,8,9)/t3-/m1/s1. The van der Waals surface area contributed by atoms with Crippen LogP contribution in [-0.2, 0) is 9.53 Å². The largest absolute Gasteiger partial charge is 0.465 e. The van der Waals surface area contributed by atoms with E-state index in [0.29, 0.717) is 0 Å². The number of rotatable bonds is 1. The molecule has 1 atom stereocenters. The summed E-state index contributed by atoms with van der Waals surface area (Å²) in [5.41, 5.74) is 0. The predicted octanol–water partition coefficient (Wildman–Crippen LogP) is -0.431. The van der Waals surface area contributed by atoms with Gasteiger partial charge in [0.25, 0.3) is 0 Å². The van der Waals surface area contributed by atoms with E-state index in [9.17, 15) is 9.59 Å². The lowest BCUT2D eigenvalue weighted by molar-refractivity contribution is -0.137. The van der Waals surface area contributed by atoms with Crippen molar-refractivity contribution in [3.63, 3.8) is 0 Å². The first-order valence-corrected chi connectivity index (χ1v) is 2.83. The van der Waals surface area contributed by atoms with Crippen molar-refractivity contribution in [1.29, 1.82) is 0 Å². The molecule has 10 heavy (non-hydrogen) atoms. The summed E-state index contributed by atoms with van der Waals surface area (Å²) in [6, 6.07) is -0.356. The maximum absolute atomic E-state index is 10.4. The molecule has 1 aliphatic rings. The Morgan fingerprint density at radius 2 is 2.50 bits per heavy atom. The topological polar surface area (TPSA) is 75.6 Å². The Hall–Kier alpha value is -1.26. The third-order valence-electron chi connectivity index (χ3n) is 1.19. The highest BCUT2D eigenvalue weighted by atomic mass is 16.5. The summed E-state index contributed by atoms with van der Waals surface area (Å²) in [4.78, 5) is 20.4. The van der Waals surface area contributed by atoms with Crippen LogP contribution in [-0.4, -0.2) is 29.8 Å². The molecule has 0 aromatic rings. The minimum absolute atomic E-state index is 0.145. The van der Waals surface area contributed by atoms with Gasteiger partial charge < -0.3 is 15.2 Å². The fourth-order valence-electron chi connectivity index (χ4n) is 0.780. The van der Waals surface area contributed by atoms with Crippen LogP contribution in [0.3, 0.4) is 0 Å². The highest BCUT2D eigenvalue weighted by Gasteiger charge is 2.24. The van der Waals surface area contributed by atoms with Crippen LogP contribution in [0.5, 0.6) is 0 Å². The van der Waals surface area contributed by atoms with Gasteiger partial charge in [0.1, 0.15) is 6.61 Å². The molecular weight excluding hydrogens is 138 g/mol.